The standard InChI is InChI=1S/C48H39N15O3/c1-64-31-22-16-28(17-23-31)49-40-34-10-4-7-13-37(34)52-43(55-40)58-46-61-47(59-44-53-38-14-8-5-11-35(38)41(56-44)50-29-18-24-32(65-2)25-19-29)63-48(62-46)60-45-54-39-15-9-6-12-36(39)42(57-45)51-30-20-26-33(66-3)27-21-30/h4-27H,1-3H3,(H6,49,50,51,52,53,54,55,56,57,58,59,60,61,62,63). The minimum Gasteiger partial charge on any atom is -0.497 e. The van der Waals surface area contributed by atoms with Crippen LogP contribution in [0.3, 0.4) is 0 Å². The van der Waals surface area contributed by atoms with Crippen LogP contribution in [-0.2, 0) is 0 Å². The summed E-state index contributed by atoms with van der Waals surface area (Å²) in [6.07, 6.45) is 0. The number of fused-ring (bicyclic) bond motifs is 3. The lowest BCUT2D eigenvalue weighted by atomic mass is 10.2. The van der Waals surface area contributed by atoms with Crippen LogP contribution in [0.4, 0.5) is 70.2 Å². The lowest BCUT2D eigenvalue weighted by molar-refractivity contribution is 0.415. The van der Waals surface area contributed by atoms with Crippen molar-refractivity contribution in [1.29, 1.82) is 0 Å². The molecule has 0 unspecified atom stereocenters. The summed E-state index contributed by atoms with van der Waals surface area (Å²) < 4.78 is 16.1. The molecule has 18 heteroatoms. The Hall–Kier alpha value is -9.45. The number of para-hydroxylation sites is 3. The molecule has 0 bridgehead atoms. The van der Waals surface area contributed by atoms with E-state index in [0.717, 1.165) is 50.5 Å². The highest BCUT2D eigenvalue weighted by Crippen LogP contribution is 2.31. The Balaban J connectivity index is 1.03. The van der Waals surface area contributed by atoms with Crippen molar-refractivity contribution in [2.24, 2.45) is 0 Å². The second-order valence-corrected chi connectivity index (χ2v) is 14.5. The number of ether oxygens (including phenoxy) is 3. The van der Waals surface area contributed by atoms with Crippen molar-refractivity contribution >= 4 is 103 Å². The topological polar surface area (TPSA) is 216 Å². The van der Waals surface area contributed by atoms with Gasteiger partial charge in [0.2, 0.25) is 35.7 Å². The van der Waals surface area contributed by atoms with Gasteiger partial charge in [0.25, 0.3) is 0 Å². The molecule has 324 valence electrons. The van der Waals surface area contributed by atoms with Crippen LogP contribution in [0.25, 0.3) is 32.7 Å². The monoisotopic (exact) mass is 873 g/mol. The number of benzene rings is 6. The molecule has 6 N–H and O–H groups in total. The SMILES string of the molecule is COc1ccc(Nc2nc(Nc3nc(Nc4nc(Nc5ccc(OC)cc5)c5ccccc5n4)nc(Nc4nc(Nc5ccc(OC)cc5)c5ccccc5n4)n3)nc3ccccc23)cc1. The van der Waals surface area contributed by atoms with Gasteiger partial charge in [-0.15, -0.1) is 0 Å². The molecule has 6 aromatic carbocycles. The van der Waals surface area contributed by atoms with Crippen LogP contribution in [0.15, 0.2) is 146 Å². The van der Waals surface area contributed by atoms with Crippen LogP contribution in [0.5, 0.6) is 17.2 Å². The molecule has 0 aliphatic carbocycles. The molecule has 0 saturated heterocycles. The molecule has 0 atom stereocenters. The van der Waals surface area contributed by atoms with E-state index in [0.29, 0.717) is 34.0 Å². The van der Waals surface area contributed by atoms with Gasteiger partial charge in [0, 0.05) is 33.2 Å². The highest BCUT2D eigenvalue weighted by Gasteiger charge is 2.17. The lowest BCUT2D eigenvalue weighted by Gasteiger charge is -2.14. The van der Waals surface area contributed by atoms with Crippen LogP contribution < -0.4 is 46.1 Å². The Morgan fingerprint density at radius 3 is 0.803 bits per heavy atom. The first-order valence-corrected chi connectivity index (χ1v) is 20.6. The fraction of sp³-hybridized carbons (Fsp3) is 0.0625. The second kappa shape index (κ2) is 18.1. The highest BCUT2D eigenvalue weighted by molar-refractivity contribution is 5.94. The van der Waals surface area contributed by atoms with E-state index in [1.807, 2.05) is 146 Å². The van der Waals surface area contributed by atoms with Crippen LogP contribution >= 0.6 is 0 Å². The average Bonchev–Trinajstić information content (AvgIpc) is 3.34. The van der Waals surface area contributed by atoms with Crippen LogP contribution in [0.1, 0.15) is 0 Å². The zero-order valence-corrected chi connectivity index (χ0v) is 35.6. The van der Waals surface area contributed by atoms with Crippen LogP contribution in [-0.4, -0.2) is 66.2 Å². The van der Waals surface area contributed by atoms with Gasteiger partial charge in [-0.3, -0.25) is 16.0 Å². The first-order chi connectivity index (χ1) is 32.4. The Morgan fingerprint density at radius 2 is 0.530 bits per heavy atom. The van der Waals surface area contributed by atoms with Gasteiger partial charge in [-0.1, -0.05) is 36.4 Å². The van der Waals surface area contributed by atoms with Gasteiger partial charge in [-0.05, 0) is 109 Å². The number of anilines is 12. The maximum absolute atomic E-state index is 5.36. The molecule has 0 radical (unpaired) electrons. The normalized spacial score (nSPS) is 11.0. The first-order valence-electron chi connectivity index (χ1n) is 20.6. The van der Waals surface area contributed by atoms with Crippen molar-refractivity contribution in [3.63, 3.8) is 0 Å². The summed E-state index contributed by atoms with van der Waals surface area (Å²) in [6.45, 7) is 0. The fourth-order valence-electron chi connectivity index (χ4n) is 6.96. The zero-order chi connectivity index (χ0) is 44.8. The highest BCUT2D eigenvalue weighted by atomic mass is 16.5. The zero-order valence-electron chi connectivity index (χ0n) is 35.6. The van der Waals surface area contributed by atoms with E-state index in [-0.39, 0.29) is 35.7 Å². The Kier molecular flexibility index (Phi) is 11.1. The van der Waals surface area contributed by atoms with E-state index < -0.39 is 0 Å². The van der Waals surface area contributed by atoms with E-state index in [4.69, 9.17) is 59.1 Å². The van der Waals surface area contributed by atoms with E-state index in [9.17, 15) is 0 Å². The average molecular weight is 874 g/mol. The van der Waals surface area contributed by atoms with Gasteiger partial charge in [-0.25, -0.2) is 15.0 Å². The third-order valence-corrected chi connectivity index (χ3v) is 10.2. The lowest BCUT2D eigenvalue weighted by Crippen LogP contribution is -2.11. The van der Waals surface area contributed by atoms with Gasteiger partial charge in [0.15, 0.2) is 0 Å². The summed E-state index contributed by atoms with van der Waals surface area (Å²) in [6, 6.07) is 45.7. The summed E-state index contributed by atoms with van der Waals surface area (Å²) in [7, 11) is 4.88. The van der Waals surface area contributed by atoms with Crippen molar-refractivity contribution < 1.29 is 14.2 Å². The summed E-state index contributed by atoms with van der Waals surface area (Å²) in [5.74, 6) is 4.80. The molecule has 4 aromatic heterocycles. The molecular formula is C48H39N15O3. The summed E-state index contributed by atoms with van der Waals surface area (Å²) in [5.41, 5.74) is 4.45. The Bertz CT molecular complexity index is 2980. The van der Waals surface area contributed by atoms with E-state index in [2.05, 4.69) is 31.9 Å². The predicted octanol–water partition coefficient (Wildman–Crippen LogP) is 10.2. The third kappa shape index (κ3) is 9.04. The largest absolute Gasteiger partial charge is 0.497 e. The summed E-state index contributed by atoms with van der Waals surface area (Å²) in [5, 5.41) is 22.3. The number of nitrogens with one attached hydrogen (secondary N) is 6. The molecule has 0 saturated carbocycles. The van der Waals surface area contributed by atoms with Crippen molar-refractivity contribution in [3.05, 3.63) is 146 Å². The first kappa shape index (κ1) is 40.6. The minimum atomic E-state index is 0.0930. The molecule has 0 aliphatic rings. The van der Waals surface area contributed by atoms with Gasteiger partial charge >= 0.3 is 0 Å². The van der Waals surface area contributed by atoms with Crippen molar-refractivity contribution in [2.75, 3.05) is 53.2 Å². The van der Waals surface area contributed by atoms with E-state index in [1.165, 1.54) is 0 Å². The van der Waals surface area contributed by atoms with Gasteiger partial charge in [-0.2, -0.15) is 29.9 Å². The molecular weight excluding hydrogens is 835 g/mol. The van der Waals surface area contributed by atoms with E-state index in [1.54, 1.807) is 21.3 Å². The van der Waals surface area contributed by atoms with Gasteiger partial charge < -0.3 is 30.2 Å². The molecule has 10 aromatic rings. The van der Waals surface area contributed by atoms with Gasteiger partial charge in [0.05, 0.1) is 37.9 Å². The number of nitrogens with zero attached hydrogens (tertiary/aromatic N) is 9. The van der Waals surface area contributed by atoms with E-state index >= 15 is 0 Å². The molecule has 66 heavy (non-hydrogen) atoms. The number of methoxy groups -OCH3 is 3. The molecule has 0 aliphatic heterocycles. The molecule has 10 rings (SSSR count). The van der Waals surface area contributed by atoms with Crippen molar-refractivity contribution in [2.45, 2.75) is 0 Å². The molecule has 0 spiro atoms. The smallest absolute Gasteiger partial charge is 0.236 e. The minimum absolute atomic E-state index is 0.0930. The number of rotatable bonds is 15. The summed E-state index contributed by atoms with van der Waals surface area (Å²) >= 11 is 0. The quantitative estimate of drug-likeness (QED) is 0.0565. The third-order valence-electron chi connectivity index (χ3n) is 10.2. The summed E-state index contributed by atoms with van der Waals surface area (Å²) in [4.78, 5) is 43.3. The van der Waals surface area contributed by atoms with Crippen LogP contribution in [0, 0.1) is 0 Å². The number of aromatic nitrogens is 9. The molecule has 0 fully saturated rings. The van der Waals surface area contributed by atoms with Crippen molar-refractivity contribution in [1.82, 2.24) is 44.9 Å². The maximum Gasteiger partial charge on any atom is 0.236 e. The van der Waals surface area contributed by atoms with Gasteiger partial charge in [0.1, 0.15) is 34.7 Å². The fourth-order valence-corrected chi connectivity index (χ4v) is 6.96. The Labute approximate surface area is 377 Å². The molecule has 4 heterocycles. The molecule has 0 amide bonds. The number of hydrogen-bond donors (Lipinski definition) is 6. The second-order valence-electron chi connectivity index (χ2n) is 14.5. The molecule has 18 nitrogen and oxygen atoms in total. The van der Waals surface area contributed by atoms with Crippen LogP contribution in [0.2, 0.25) is 0 Å². The Morgan fingerprint density at radius 1 is 0.273 bits per heavy atom. The number of hydrogen-bond acceptors (Lipinski definition) is 18. The predicted molar refractivity (Wildman–Crippen MR) is 257 cm³/mol. The van der Waals surface area contributed by atoms with Crippen molar-refractivity contribution in [3.8, 4) is 17.2 Å². The maximum atomic E-state index is 5.36.